The number of nitrogens with two attached hydrogens (primary N) is 1. The van der Waals surface area contributed by atoms with Crippen LogP contribution in [0.15, 0.2) is 10.9 Å². The molecule has 142 valence electrons. The maximum Gasteiger partial charge on any atom is 0.164 e. The third kappa shape index (κ3) is 2.70. The van der Waals surface area contributed by atoms with Gasteiger partial charge >= 0.3 is 0 Å². The molecule has 2 aliphatic rings. The fourth-order valence-electron chi connectivity index (χ4n) is 3.92. The van der Waals surface area contributed by atoms with E-state index in [0.29, 0.717) is 17.4 Å². The molecule has 2 N–H and O–H groups in total. The molecule has 1 atom stereocenters. The average Bonchev–Trinajstić information content (AvgIpc) is 3.29. The van der Waals surface area contributed by atoms with Gasteiger partial charge in [0.15, 0.2) is 5.65 Å². The Morgan fingerprint density at radius 2 is 2.00 bits per heavy atom. The van der Waals surface area contributed by atoms with Gasteiger partial charge in [-0.15, -0.1) is 0 Å². The monoisotopic (exact) mass is 368 g/mol. The van der Waals surface area contributed by atoms with Crippen molar-refractivity contribution in [3.8, 4) is 11.4 Å². The molecule has 0 amide bonds. The Bertz CT molecular complexity index is 982. The summed E-state index contributed by atoms with van der Waals surface area (Å²) in [7, 11) is 0. The molecule has 0 spiro atoms. The van der Waals surface area contributed by atoms with Crippen LogP contribution in [0.4, 0.5) is 5.82 Å². The molecule has 2 fully saturated rings. The molecule has 1 aliphatic heterocycles. The Balaban J connectivity index is 1.73. The molecular formula is C19H24N6O2. The van der Waals surface area contributed by atoms with Crippen molar-refractivity contribution >= 4 is 16.9 Å². The Morgan fingerprint density at radius 1 is 1.15 bits per heavy atom. The van der Waals surface area contributed by atoms with E-state index in [1.165, 1.54) is 6.33 Å². The summed E-state index contributed by atoms with van der Waals surface area (Å²) in [5, 5.41) is 10.0. The van der Waals surface area contributed by atoms with Crippen LogP contribution >= 0.6 is 0 Å². The fraction of sp³-hybridized carbons (Fsp3) is 0.579. The van der Waals surface area contributed by atoms with Gasteiger partial charge in [0, 0.05) is 18.6 Å². The van der Waals surface area contributed by atoms with Gasteiger partial charge in [-0.1, -0.05) is 5.16 Å². The minimum atomic E-state index is 0.000653. The van der Waals surface area contributed by atoms with Crippen LogP contribution in [0.25, 0.3) is 22.4 Å². The second kappa shape index (κ2) is 6.30. The summed E-state index contributed by atoms with van der Waals surface area (Å²) in [5.74, 6) is 1.81. The molecule has 8 heteroatoms. The molecular weight excluding hydrogens is 344 g/mol. The lowest BCUT2D eigenvalue weighted by molar-refractivity contribution is 0.0142. The highest BCUT2D eigenvalue weighted by Gasteiger charge is 2.38. The first-order valence-corrected chi connectivity index (χ1v) is 9.75. The number of nitrogens with zero attached hydrogens (tertiary/aromatic N) is 5. The van der Waals surface area contributed by atoms with Crippen LogP contribution in [0.3, 0.4) is 0 Å². The molecule has 0 bridgehead atoms. The van der Waals surface area contributed by atoms with Crippen molar-refractivity contribution in [2.75, 3.05) is 12.3 Å². The largest absolute Gasteiger partial charge is 0.383 e. The van der Waals surface area contributed by atoms with Crippen molar-refractivity contribution in [2.45, 2.75) is 64.0 Å². The van der Waals surface area contributed by atoms with Gasteiger partial charge in [0.2, 0.25) is 0 Å². The van der Waals surface area contributed by atoms with Gasteiger partial charge in [-0.2, -0.15) is 5.10 Å². The lowest BCUT2D eigenvalue weighted by Crippen LogP contribution is -2.13. The third-order valence-corrected chi connectivity index (χ3v) is 5.44. The zero-order valence-corrected chi connectivity index (χ0v) is 15.7. The van der Waals surface area contributed by atoms with E-state index in [1.54, 1.807) is 0 Å². The molecule has 5 rings (SSSR count). The summed E-state index contributed by atoms with van der Waals surface area (Å²) in [6.07, 6.45) is 6.98. The van der Waals surface area contributed by atoms with Crippen molar-refractivity contribution in [1.29, 1.82) is 0 Å². The van der Waals surface area contributed by atoms with Gasteiger partial charge in [-0.3, -0.25) is 0 Å². The highest BCUT2D eigenvalue weighted by molar-refractivity contribution is 5.98. The summed E-state index contributed by atoms with van der Waals surface area (Å²) >= 11 is 0. The van der Waals surface area contributed by atoms with Gasteiger partial charge < -0.3 is 15.0 Å². The fourth-order valence-corrected chi connectivity index (χ4v) is 3.92. The van der Waals surface area contributed by atoms with Crippen molar-refractivity contribution in [3.05, 3.63) is 17.7 Å². The molecule has 27 heavy (non-hydrogen) atoms. The van der Waals surface area contributed by atoms with Crippen LogP contribution in [-0.4, -0.2) is 31.5 Å². The van der Waals surface area contributed by atoms with Crippen LogP contribution < -0.4 is 5.73 Å². The van der Waals surface area contributed by atoms with Crippen molar-refractivity contribution in [1.82, 2.24) is 24.9 Å². The number of hydrogen-bond acceptors (Lipinski definition) is 7. The summed E-state index contributed by atoms with van der Waals surface area (Å²) < 4.78 is 13.8. The number of nitrogen functional groups attached to an aromatic ring is 1. The number of aromatic nitrogens is 5. The van der Waals surface area contributed by atoms with Crippen LogP contribution in [0.2, 0.25) is 0 Å². The SMILES string of the molecule is CC(C)n1nc(-c2noc(C3CC3)c2C2CCCCO2)c2c(N)ncnc21. The van der Waals surface area contributed by atoms with Gasteiger partial charge in [-0.05, 0) is 46.0 Å². The topological polar surface area (TPSA) is 105 Å². The van der Waals surface area contributed by atoms with E-state index in [4.69, 9.17) is 20.1 Å². The molecule has 1 saturated heterocycles. The molecule has 1 unspecified atom stereocenters. The zero-order chi connectivity index (χ0) is 18.5. The minimum absolute atomic E-state index is 0.000653. The van der Waals surface area contributed by atoms with Crippen LogP contribution in [0.5, 0.6) is 0 Å². The van der Waals surface area contributed by atoms with Crippen LogP contribution in [0, 0.1) is 0 Å². The maximum atomic E-state index is 6.22. The minimum Gasteiger partial charge on any atom is -0.383 e. The normalized spacial score (nSPS) is 20.6. The summed E-state index contributed by atoms with van der Waals surface area (Å²) in [5.41, 5.74) is 9.42. The van der Waals surface area contributed by atoms with E-state index in [9.17, 15) is 0 Å². The van der Waals surface area contributed by atoms with E-state index in [-0.39, 0.29) is 12.1 Å². The summed E-state index contributed by atoms with van der Waals surface area (Å²) in [6.45, 7) is 4.90. The van der Waals surface area contributed by atoms with E-state index >= 15 is 0 Å². The molecule has 8 nitrogen and oxygen atoms in total. The number of ether oxygens (including phenoxy) is 1. The lowest BCUT2D eigenvalue weighted by atomic mass is 9.96. The Kier molecular flexibility index (Phi) is 3.89. The molecule has 3 aromatic rings. The zero-order valence-electron chi connectivity index (χ0n) is 15.7. The smallest absolute Gasteiger partial charge is 0.164 e. The standard InChI is InChI=1S/C19H24N6O2/c1-10(2)25-19-14(18(20)21-9-22-19)15(23-25)16-13(12-5-3-4-8-26-12)17(27-24-16)11-6-7-11/h9-12H,3-8H2,1-2H3,(H2,20,21,22). The molecule has 1 aliphatic carbocycles. The molecule has 3 aromatic heterocycles. The molecule has 4 heterocycles. The lowest BCUT2D eigenvalue weighted by Gasteiger charge is -2.23. The Morgan fingerprint density at radius 3 is 2.70 bits per heavy atom. The quantitative estimate of drug-likeness (QED) is 0.747. The first kappa shape index (κ1) is 16.7. The van der Waals surface area contributed by atoms with E-state index in [2.05, 4.69) is 29.0 Å². The molecule has 1 saturated carbocycles. The third-order valence-electron chi connectivity index (χ3n) is 5.44. The van der Waals surface area contributed by atoms with E-state index in [1.807, 2.05) is 4.68 Å². The number of hydrogen-bond donors (Lipinski definition) is 1. The molecule has 0 radical (unpaired) electrons. The van der Waals surface area contributed by atoms with Gasteiger partial charge in [0.05, 0.1) is 17.1 Å². The van der Waals surface area contributed by atoms with E-state index in [0.717, 1.165) is 66.8 Å². The highest BCUT2D eigenvalue weighted by atomic mass is 16.5. The number of rotatable bonds is 4. The Labute approximate surface area is 157 Å². The Hall–Kier alpha value is -2.48. The number of anilines is 1. The number of fused-ring (bicyclic) bond motifs is 1. The predicted octanol–water partition coefficient (Wildman–Crippen LogP) is 3.76. The first-order valence-electron chi connectivity index (χ1n) is 9.75. The van der Waals surface area contributed by atoms with Gasteiger partial charge in [-0.25, -0.2) is 14.6 Å². The maximum absolute atomic E-state index is 6.22. The first-order chi connectivity index (χ1) is 13.1. The van der Waals surface area contributed by atoms with Crippen molar-refractivity contribution < 1.29 is 9.26 Å². The van der Waals surface area contributed by atoms with Gasteiger partial charge in [0.25, 0.3) is 0 Å². The highest BCUT2D eigenvalue weighted by Crippen LogP contribution is 2.48. The predicted molar refractivity (Wildman–Crippen MR) is 100 cm³/mol. The van der Waals surface area contributed by atoms with Crippen LogP contribution in [0.1, 0.15) is 75.3 Å². The average molecular weight is 368 g/mol. The van der Waals surface area contributed by atoms with Gasteiger partial charge in [0.1, 0.15) is 29.3 Å². The van der Waals surface area contributed by atoms with E-state index < -0.39 is 0 Å². The van der Waals surface area contributed by atoms with Crippen molar-refractivity contribution in [3.63, 3.8) is 0 Å². The van der Waals surface area contributed by atoms with Crippen molar-refractivity contribution in [2.24, 2.45) is 0 Å². The molecule has 0 aromatic carbocycles. The summed E-state index contributed by atoms with van der Waals surface area (Å²) in [4.78, 5) is 8.61. The summed E-state index contributed by atoms with van der Waals surface area (Å²) in [6, 6.07) is 0.139. The second-order valence-corrected chi connectivity index (χ2v) is 7.78. The second-order valence-electron chi connectivity index (χ2n) is 7.78. The van der Waals surface area contributed by atoms with Crippen LogP contribution in [-0.2, 0) is 4.74 Å².